The van der Waals surface area contributed by atoms with Crippen molar-refractivity contribution in [2.45, 2.75) is 57.8 Å². The van der Waals surface area contributed by atoms with Crippen molar-refractivity contribution in [3.8, 4) is 0 Å². The number of carbonyl (C=O) groups is 1. The monoisotopic (exact) mass is 364 g/mol. The van der Waals surface area contributed by atoms with E-state index in [4.69, 9.17) is 0 Å². The number of hydrogen-bond donors (Lipinski definition) is 1. The van der Waals surface area contributed by atoms with Gasteiger partial charge in [-0.3, -0.25) is 10.2 Å². The maximum absolute atomic E-state index is 14.3. The molecule has 3 rings (SSSR count). The molecule has 1 aliphatic rings. The van der Waals surface area contributed by atoms with Gasteiger partial charge in [0.05, 0.1) is 0 Å². The summed E-state index contributed by atoms with van der Waals surface area (Å²) in [6.07, 6.45) is -3.20. The summed E-state index contributed by atoms with van der Waals surface area (Å²) >= 11 is 0. The van der Waals surface area contributed by atoms with Gasteiger partial charge in [-0.1, -0.05) is 49.7 Å². The molecular weight excluding hydrogens is 341 g/mol. The number of nitrogens with one attached hydrogen (secondary N) is 1. The number of nitrogens with zero attached hydrogens (tertiary/aromatic N) is 1. The van der Waals surface area contributed by atoms with Crippen LogP contribution < -0.4 is 5.43 Å². The van der Waals surface area contributed by atoms with Crippen LogP contribution in [0.5, 0.6) is 0 Å². The summed E-state index contributed by atoms with van der Waals surface area (Å²) in [5.41, 5.74) is 2.44. The SMILES string of the molecule is CCCc1ccc2ccccc2c1[C@H](N1NC(=O)CC1(C)C)C(F)(F)F. The van der Waals surface area contributed by atoms with E-state index >= 15 is 0 Å². The molecular formula is C20H23F3N2O. The Balaban J connectivity index is 2.28. The molecule has 0 unspecified atom stereocenters. The second-order valence-corrected chi connectivity index (χ2v) is 7.45. The molecule has 3 nitrogen and oxygen atoms in total. The number of amides is 1. The number of benzene rings is 2. The minimum Gasteiger partial charge on any atom is -0.287 e. The van der Waals surface area contributed by atoms with Crippen LogP contribution in [0.15, 0.2) is 36.4 Å². The van der Waals surface area contributed by atoms with E-state index in [0.29, 0.717) is 17.4 Å². The van der Waals surface area contributed by atoms with Crippen LogP contribution in [-0.4, -0.2) is 22.6 Å². The maximum Gasteiger partial charge on any atom is 0.409 e. The van der Waals surface area contributed by atoms with Crippen LogP contribution in [0.2, 0.25) is 0 Å². The summed E-state index contributed by atoms with van der Waals surface area (Å²) in [5, 5.41) is 2.44. The Morgan fingerprint density at radius 1 is 1.19 bits per heavy atom. The van der Waals surface area contributed by atoms with Crippen molar-refractivity contribution >= 4 is 16.7 Å². The van der Waals surface area contributed by atoms with Gasteiger partial charge < -0.3 is 0 Å². The summed E-state index contributed by atoms with van der Waals surface area (Å²) in [4.78, 5) is 11.9. The number of halogens is 3. The lowest BCUT2D eigenvalue weighted by molar-refractivity contribution is -0.203. The van der Waals surface area contributed by atoms with E-state index in [1.165, 1.54) is 0 Å². The van der Waals surface area contributed by atoms with E-state index < -0.39 is 17.8 Å². The highest BCUT2D eigenvalue weighted by atomic mass is 19.4. The average Bonchev–Trinajstić information content (AvgIpc) is 2.80. The van der Waals surface area contributed by atoms with E-state index in [2.05, 4.69) is 5.43 Å². The summed E-state index contributed by atoms with van der Waals surface area (Å²) < 4.78 is 42.8. The highest BCUT2D eigenvalue weighted by Gasteiger charge is 2.53. The third-order valence-corrected chi connectivity index (χ3v) is 4.91. The molecule has 1 atom stereocenters. The Morgan fingerprint density at radius 3 is 2.46 bits per heavy atom. The van der Waals surface area contributed by atoms with Gasteiger partial charge in [0, 0.05) is 12.0 Å². The van der Waals surface area contributed by atoms with Crippen molar-refractivity contribution in [2.75, 3.05) is 0 Å². The molecule has 1 amide bonds. The highest BCUT2D eigenvalue weighted by molar-refractivity contribution is 5.87. The second-order valence-electron chi connectivity index (χ2n) is 7.45. The second kappa shape index (κ2) is 6.58. The molecule has 1 fully saturated rings. The summed E-state index contributed by atoms with van der Waals surface area (Å²) in [6, 6.07) is 8.87. The average molecular weight is 364 g/mol. The number of aryl methyl sites for hydroxylation is 1. The molecule has 140 valence electrons. The summed E-state index contributed by atoms with van der Waals surface area (Å²) in [6.45, 7) is 5.27. The molecule has 0 bridgehead atoms. The zero-order valence-electron chi connectivity index (χ0n) is 15.2. The fraction of sp³-hybridized carbons (Fsp3) is 0.450. The van der Waals surface area contributed by atoms with Gasteiger partial charge in [0.25, 0.3) is 0 Å². The lowest BCUT2D eigenvalue weighted by atomic mass is 9.89. The lowest BCUT2D eigenvalue weighted by Crippen LogP contribution is -2.51. The Labute approximate surface area is 151 Å². The third kappa shape index (κ3) is 3.30. The van der Waals surface area contributed by atoms with Crippen LogP contribution in [0.1, 0.15) is 50.8 Å². The molecule has 26 heavy (non-hydrogen) atoms. The Bertz CT molecular complexity index is 829. The van der Waals surface area contributed by atoms with Crippen LogP contribution in [0.3, 0.4) is 0 Å². The Morgan fingerprint density at radius 2 is 1.88 bits per heavy atom. The normalized spacial score (nSPS) is 18.9. The van der Waals surface area contributed by atoms with Crippen molar-refractivity contribution in [3.63, 3.8) is 0 Å². The quantitative estimate of drug-likeness (QED) is 0.836. The van der Waals surface area contributed by atoms with Gasteiger partial charge in [0.2, 0.25) is 5.91 Å². The van der Waals surface area contributed by atoms with Crippen LogP contribution in [0, 0.1) is 0 Å². The summed E-state index contributed by atoms with van der Waals surface area (Å²) in [5.74, 6) is -0.387. The fourth-order valence-electron chi connectivity index (χ4n) is 3.81. The first-order valence-corrected chi connectivity index (χ1v) is 8.81. The van der Waals surface area contributed by atoms with E-state index in [0.717, 1.165) is 16.8 Å². The van der Waals surface area contributed by atoms with Crippen molar-refractivity contribution in [1.82, 2.24) is 10.4 Å². The van der Waals surface area contributed by atoms with E-state index in [1.807, 2.05) is 25.1 Å². The van der Waals surface area contributed by atoms with Gasteiger partial charge in [0.1, 0.15) is 0 Å². The maximum atomic E-state index is 14.3. The molecule has 0 saturated carbocycles. The molecule has 2 aromatic rings. The number of rotatable bonds is 4. The molecule has 2 aromatic carbocycles. The minimum atomic E-state index is -4.53. The van der Waals surface area contributed by atoms with Gasteiger partial charge in [-0.2, -0.15) is 18.2 Å². The molecule has 0 spiro atoms. The zero-order chi connectivity index (χ0) is 19.1. The van der Waals surface area contributed by atoms with Gasteiger partial charge in [-0.25, -0.2) is 0 Å². The largest absolute Gasteiger partial charge is 0.409 e. The first-order valence-electron chi connectivity index (χ1n) is 8.81. The first-order chi connectivity index (χ1) is 12.1. The Kier molecular flexibility index (Phi) is 4.73. The number of hydrazine groups is 1. The Hall–Kier alpha value is -2.08. The van der Waals surface area contributed by atoms with Crippen LogP contribution in [-0.2, 0) is 11.2 Å². The number of hydrogen-bond acceptors (Lipinski definition) is 2. The molecule has 6 heteroatoms. The van der Waals surface area contributed by atoms with Crippen molar-refractivity contribution in [3.05, 3.63) is 47.5 Å². The van der Waals surface area contributed by atoms with Gasteiger partial charge in [0.15, 0.2) is 6.04 Å². The first kappa shape index (κ1) is 18.7. The third-order valence-electron chi connectivity index (χ3n) is 4.91. The molecule has 1 heterocycles. The van der Waals surface area contributed by atoms with Crippen LogP contribution in [0.25, 0.3) is 10.8 Å². The van der Waals surface area contributed by atoms with Crippen molar-refractivity contribution in [1.29, 1.82) is 0 Å². The van der Waals surface area contributed by atoms with Gasteiger partial charge >= 0.3 is 6.18 Å². The molecule has 1 aliphatic heterocycles. The van der Waals surface area contributed by atoms with E-state index in [-0.39, 0.29) is 17.9 Å². The predicted molar refractivity (Wildman–Crippen MR) is 95.4 cm³/mol. The number of fused-ring (bicyclic) bond motifs is 1. The van der Waals surface area contributed by atoms with E-state index in [1.54, 1.807) is 32.0 Å². The van der Waals surface area contributed by atoms with Gasteiger partial charge in [-0.05, 0) is 42.2 Å². The lowest BCUT2D eigenvalue weighted by Gasteiger charge is -2.39. The van der Waals surface area contributed by atoms with Crippen molar-refractivity contribution < 1.29 is 18.0 Å². The van der Waals surface area contributed by atoms with Gasteiger partial charge in [-0.15, -0.1) is 0 Å². The predicted octanol–water partition coefficient (Wildman–Crippen LogP) is 4.91. The number of carbonyl (C=O) groups excluding carboxylic acids is 1. The standard InChI is InChI=1S/C20H23F3N2O/c1-4-7-14-11-10-13-8-5-6-9-15(13)17(14)18(20(21,22)23)25-19(2,3)12-16(26)24-25/h5-6,8-11,18H,4,7,12H2,1-3H3,(H,24,26)/t18-/m0/s1. The molecule has 1 N–H and O–H groups in total. The summed E-state index contributed by atoms with van der Waals surface area (Å²) in [7, 11) is 0. The van der Waals surface area contributed by atoms with Crippen molar-refractivity contribution in [2.24, 2.45) is 0 Å². The molecule has 1 saturated heterocycles. The highest BCUT2D eigenvalue weighted by Crippen LogP contribution is 2.46. The number of alkyl halides is 3. The topological polar surface area (TPSA) is 32.3 Å². The van der Waals surface area contributed by atoms with Crippen LogP contribution in [0.4, 0.5) is 13.2 Å². The smallest absolute Gasteiger partial charge is 0.287 e. The molecule has 0 aromatic heterocycles. The fourth-order valence-corrected chi connectivity index (χ4v) is 3.81. The van der Waals surface area contributed by atoms with Crippen LogP contribution >= 0.6 is 0 Å². The molecule has 0 aliphatic carbocycles. The van der Waals surface area contributed by atoms with E-state index in [9.17, 15) is 18.0 Å². The minimum absolute atomic E-state index is 0.0352. The zero-order valence-corrected chi connectivity index (χ0v) is 15.2. The molecule has 0 radical (unpaired) electrons.